The van der Waals surface area contributed by atoms with Crippen molar-refractivity contribution in [3.05, 3.63) is 0 Å². The second-order valence-corrected chi connectivity index (χ2v) is 7.08. The number of nitrogens with two attached hydrogens (primary N) is 1. The van der Waals surface area contributed by atoms with E-state index in [-0.39, 0.29) is 42.2 Å². The molecule has 0 heterocycles. The minimum Gasteiger partial charge on any atom is -0.353 e. The molecule has 0 spiro atoms. The van der Waals surface area contributed by atoms with E-state index in [2.05, 4.69) is 24.5 Å². The first-order chi connectivity index (χ1) is 10.4. The molecule has 2 atom stereocenters. The van der Waals surface area contributed by atoms with E-state index in [0.717, 1.165) is 32.1 Å². The van der Waals surface area contributed by atoms with Gasteiger partial charge in [0.2, 0.25) is 11.8 Å². The van der Waals surface area contributed by atoms with Gasteiger partial charge in [0.1, 0.15) is 0 Å². The summed E-state index contributed by atoms with van der Waals surface area (Å²) >= 11 is 0. The van der Waals surface area contributed by atoms with Crippen molar-refractivity contribution < 1.29 is 9.59 Å². The summed E-state index contributed by atoms with van der Waals surface area (Å²) in [7, 11) is 0. The van der Waals surface area contributed by atoms with Crippen molar-refractivity contribution in [3.8, 4) is 0 Å². The van der Waals surface area contributed by atoms with E-state index >= 15 is 0 Å². The highest BCUT2D eigenvalue weighted by molar-refractivity contribution is 5.85. The van der Waals surface area contributed by atoms with Crippen LogP contribution in [0, 0.1) is 11.8 Å². The molecular formula is C17H34ClN3O2. The summed E-state index contributed by atoms with van der Waals surface area (Å²) in [5, 5.41) is 5.95. The highest BCUT2D eigenvalue weighted by Gasteiger charge is 2.23. The normalized spacial score (nSPS) is 18.0. The van der Waals surface area contributed by atoms with Crippen molar-refractivity contribution in [3.63, 3.8) is 0 Å². The van der Waals surface area contributed by atoms with Gasteiger partial charge in [-0.25, -0.2) is 0 Å². The first-order valence-corrected chi connectivity index (χ1v) is 8.72. The number of hydrogen-bond donors (Lipinski definition) is 3. The summed E-state index contributed by atoms with van der Waals surface area (Å²) in [5.41, 5.74) is 5.69. The molecular weight excluding hydrogens is 314 g/mol. The van der Waals surface area contributed by atoms with Crippen molar-refractivity contribution in [2.24, 2.45) is 17.6 Å². The second-order valence-electron chi connectivity index (χ2n) is 7.08. The first-order valence-electron chi connectivity index (χ1n) is 8.72. The Morgan fingerprint density at radius 3 is 2.22 bits per heavy atom. The lowest BCUT2D eigenvalue weighted by molar-refractivity contribution is -0.127. The van der Waals surface area contributed by atoms with Crippen LogP contribution in [-0.4, -0.2) is 30.4 Å². The van der Waals surface area contributed by atoms with Crippen LogP contribution >= 0.6 is 12.4 Å². The van der Waals surface area contributed by atoms with Crippen LogP contribution in [0.5, 0.6) is 0 Å². The SMILES string of the molecule is CC(C)CC(CN)NC(=O)CC(C)NC(=O)C1CCCCC1.Cl. The van der Waals surface area contributed by atoms with E-state index in [1.807, 2.05) is 6.92 Å². The van der Waals surface area contributed by atoms with Crippen LogP contribution < -0.4 is 16.4 Å². The molecule has 1 rings (SSSR count). The number of amides is 2. The zero-order chi connectivity index (χ0) is 16.5. The maximum Gasteiger partial charge on any atom is 0.223 e. The quantitative estimate of drug-likeness (QED) is 0.630. The smallest absolute Gasteiger partial charge is 0.223 e. The fraction of sp³-hybridized carbons (Fsp3) is 0.882. The summed E-state index contributed by atoms with van der Waals surface area (Å²) in [5.74, 6) is 0.708. The summed E-state index contributed by atoms with van der Waals surface area (Å²) < 4.78 is 0. The number of carbonyl (C=O) groups is 2. The molecule has 0 saturated heterocycles. The van der Waals surface area contributed by atoms with Gasteiger partial charge in [0.25, 0.3) is 0 Å². The maximum atomic E-state index is 12.2. The predicted octanol–water partition coefficient (Wildman–Crippen LogP) is 2.37. The van der Waals surface area contributed by atoms with Crippen molar-refractivity contribution in [2.75, 3.05) is 6.54 Å². The van der Waals surface area contributed by atoms with Crippen molar-refractivity contribution in [1.82, 2.24) is 10.6 Å². The molecule has 0 aromatic carbocycles. The van der Waals surface area contributed by atoms with Crippen molar-refractivity contribution in [1.29, 1.82) is 0 Å². The highest BCUT2D eigenvalue weighted by atomic mass is 35.5. The van der Waals surface area contributed by atoms with Crippen LogP contribution in [-0.2, 0) is 9.59 Å². The summed E-state index contributed by atoms with van der Waals surface area (Å²) in [6.07, 6.45) is 6.67. The topological polar surface area (TPSA) is 84.2 Å². The second kappa shape index (κ2) is 11.7. The average Bonchev–Trinajstić information content (AvgIpc) is 2.46. The van der Waals surface area contributed by atoms with Crippen LogP contribution in [0.25, 0.3) is 0 Å². The number of rotatable bonds is 8. The number of carbonyl (C=O) groups excluding carboxylic acids is 2. The van der Waals surface area contributed by atoms with Gasteiger partial charge in [-0.15, -0.1) is 12.4 Å². The maximum absolute atomic E-state index is 12.2. The monoisotopic (exact) mass is 347 g/mol. The van der Waals surface area contributed by atoms with Crippen LogP contribution in [0.3, 0.4) is 0 Å². The van der Waals surface area contributed by atoms with Gasteiger partial charge >= 0.3 is 0 Å². The Kier molecular flexibility index (Phi) is 11.3. The lowest BCUT2D eigenvalue weighted by Crippen LogP contribution is -2.45. The fourth-order valence-electron chi connectivity index (χ4n) is 3.12. The molecule has 136 valence electrons. The van der Waals surface area contributed by atoms with Crippen LogP contribution in [0.15, 0.2) is 0 Å². The molecule has 0 radical (unpaired) electrons. The molecule has 0 bridgehead atoms. The molecule has 0 aromatic rings. The Morgan fingerprint density at radius 2 is 1.70 bits per heavy atom. The van der Waals surface area contributed by atoms with Gasteiger partial charge in [-0.2, -0.15) is 0 Å². The van der Waals surface area contributed by atoms with Crippen molar-refractivity contribution in [2.45, 2.75) is 77.8 Å². The lowest BCUT2D eigenvalue weighted by Gasteiger charge is -2.24. The summed E-state index contributed by atoms with van der Waals surface area (Å²) in [6.45, 7) is 6.57. The average molecular weight is 348 g/mol. The highest BCUT2D eigenvalue weighted by Crippen LogP contribution is 2.23. The molecule has 0 aliphatic heterocycles. The number of nitrogens with one attached hydrogen (secondary N) is 2. The van der Waals surface area contributed by atoms with Gasteiger partial charge in [-0.1, -0.05) is 33.1 Å². The van der Waals surface area contributed by atoms with E-state index in [1.165, 1.54) is 6.42 Å². The standard InChI is InChI=1S/C17H33N3O2.ClH/c1-12(2)9-15(11-18)20-16(21)10-13(3)19-17(22)14-7-5-4-6-8-14;/h12-15H,4-11,18H2,1-3H3,(H,19,22)(H,20,21);1H. The van der Waals surface area contributed by atoms with Gasteiger partial charge in [0.05, 0.1) is 0 Å². The molecule has 0 aromatic heterocycles. The first kappa shape index (κ1) is 22.2. The third-order valence-electron chi connectivity index (χ3n) is 4.26. The van der Waals surface area contributed by atoms with E-state index in [1.54, 1.807) is 0 Å². The number of halogens is 1. The summed E-state index contributed by atoms with van der Waals surface area (Å²) in [6, 6.07) is -0.111. The predicted molar refractivity (Wildman–Crippen MR) is 96.5 cm³/mol. The van der Waals surface area contributed by atoms with Gasteiger partial charge in [0.15, 0.2) is 0 Å². The van der Waals surface area contributed by atoms with Gasteiger partial charge < -0.3 is 16.4 Å². The summed E-state index contributed by atoms with van der Waals surface area (Å²) in [4.78, 5) is 24.2. The van der Waals surface area contributed by atoms with Crippen LogP contribution in [0.2, 0.25) is 0 Å². The molecule has 1 aliphatic carbocycles. The zero-order valence-electron chi connectivity index (χ0n) is 14.8. The number of hydrogen-bond acceptors (Lipinski definition) is 3. The van der Waals surface area contributed by atoms with Crippen LogP contribution in [0.1, 0.15) is 65.7 Å². The van der Waals surface area contributed by atoms with Gasteiger partial charge in [0, 0.05) is 31.0 Å². The fourth-order valence-corrected chi connectivity index (χ4v) is 3.12. The van der Waals surface area contributed by atoms with Crippen molar-refractivity contribution >= 4 is 24.2 Å². The Morgan fingerprint density at radius 1 is 1.09 bits per heavy atom. The molecule has 6 heteroatoms. The van der Waals surface area contributed by atoms with Crippen LogP contribution in [0.4, 0.5) is 0 Å². The molecule has 1 aliphatic rings. The van der Waals surface area contributed by atoms with E-state index < -0.39 is 0 Å². The molecule has 2 unspecified atom stereocenters. The Bertz CT molecular complexity index is 358. The Hall–Kier alpha value is -0.810. The lowest BCUT2D eigenvalue weighted by atomic mass is 9.88. The third kappa shape index (κ3) is 9.16. The van der Waals surface area contributed by atoms with Gasteiger partial charge in [-0.3, -0.25) is 9.59 Å². The van der Waals surface area contributed by atoms with E-state index in [9.17, 15) is 9.59 Å². The third-order valence-corrected chi connectivity index (χ3v) is 4.26. The molecule has 1 saturated carbocycles. The zero-order valence-corrected chi connectivity index (χ0v) is 15.6. The molecule has 4 N–H and O–H groups in total. The Balaban J connectivity index is 0.00000484. The largest absolute Gasteiger partial charge is 0.353 e. The molecule has 23 heavy (non-hydrogen) atoms. The van der Waals surface area contributed by atoms with Gasteiger partial charge in [-0.05, 0) is 32.1 Å². The Labute approximate surface area is 146 Å². The molecule has 5 nitrogen and oxygen atoms in total. The molecule has 1 fully saturated rings. The van der Waals surface area contributed by atoms with E-state index in [4.69, 9.17) is 5.73 Å². The molecule has 2 amide bonds. The minimum atomic E-state index is -0.132. The van der Waals surface area contributed by atoms with E-state index in [0.29, 0.717) is 18.9 Å². The minimum absolute atomic E-state index is 0.